The SMILES string of the molecule is CCCC1CN=C2CO[C@@H](c3ccc(Cl)cc3)[C@@H](c3ccc(Cl)cc3)N21. The predicted molar refractivity (Wildman–Crippen MR) is 107 cm³/mol. The second-order valence-corrected chi connectivity index (χ2v) is 7.76. The number of fused-ring (bicyclic) bond motifs is 1. The molecule has 2 aromatic rings. The molecule has 1 saturated heterocycles. The van der Waals surface area contributed by atoms with Crippen molar-refractivity contribution in [2.24, 2.45) is 4.99 Å². The molecule has 0 amide bonds. The summed E-state index contributed by atoms with van der Waals surface area (Å²) in [6.45, 7) is 3.63. The average Bonchev–Trinajstić information content (AvgIpc) is 3.06. The second kappa shape index (κ2) is 7.59. The lowest BCUT2D eigenvalue weighted by molar-refractivity contribution is -0.0189. The summed E-state index contributed by atoms with van der Waals surface area (Å²) < 4.78 is 6.29. The number of rotatable bonds is 4. The summed E-state index contributed by atoms with van der Waals surface area (Å²) in [7, 11) is 0. The van der Waals surface area contributed by atoms with E-state index >= 15 is 0 Å². The summed E-state index contributed by atoms with van der Waals surface area (Å²) in [6, 6.07) is 16.6. The Labute approximate surface area is 164 Å². The van der Waals surface area contributed by atoms with Crippen LogP contribution in [-0.2, 0) is 4.74 Å². The Hall–Kier alpha value is -1.55. The maximum absolute atomic E-state index is 6.29. The zero-order valence-corrected chi connectivity index (χ0v) is 16.2. The average molecular weight is 389 g/mol. The smallest absolute Gasteiger partial charge is 0.126 e. The normalized spacial score (nSPS) is 25.1. The van der Waals surface area contributed by atoms with Crippen molar-refractivity contribution in [1.82, 2.24) is 4.90 Å². The first kappa shape index (κ1) is 17.8. The van der Waals surface area contributed by atoms with Gasteiger partial charge in [0.2, 0.25) is 0 Å². The topological polar surface area (TPSA) is 24.8 Å². The number of ether oxygens (including phenoxy) is 1. The molecule has 3 atom stereocenters. The van der Waals surface area contributed by atoms with Crippen molar-refractivity contribution >= 4 is 29.0 Å². The highest BCUT2D eigenvalue weighted by Gasteiger charge is 2.42. The molecule has 0 spiro atoms. The first-order valence-electron chi connectivity index (χ1n) is 9.11. The van der Waals surface area contributed by atoms with Gasteiger partial charge in [-0.15, -0.1) is 0 Å². The van der Waals surface area contributed by atoms with Crippen LogP contribution in [0.1, 0.15) is 43.0 Å². The van der Waals surface area contributed by atoms with E-state index < -0.39 is 0 Å². The number of aliphatic imine (C=N–C) groups is 1. The molecule has 3 nitrogen and oxygen atoms in total. The van der Waals surface area contributed by atoms with Gasteiger partial charge < -0.3 is 9.64 Å². The van der Waals surface area contributed by atoms with Crippen molar-refractivity contribution in [3.8, 4) is 0 Å². The van der Waals surface area contributed by atoms with E-state index in [-0.39, 0.29) is 12.1 Å². The molecule has 1 unspecified atom stereocenters. The molecule has 5 heteroatoms. The summed E-state index contributed by atoms with van der Waals surface area (Å²) in [5.74, 6) is 1.06. The molecule has 2 heterocycles. The number of hydrogen-bond acceptors (Lipinski definition) is 3. The minimum Gasteiger partial charge on any atom is -0.363 e. The minimum absolute atomic E-state index is 0.0650. The number of benzene rings is 2. The molecule has 0 aliphatic carbocycles. The zero-order valence-electron chi connectivity index (χ0n) is 14.7. The quantitative estimate of drug-likeness (QED) is 0.671. The fourth-order valence-electron chi connectivity index (χ4n) is 3.99. The molecule has 0 N–H and O–H groups in total. The Kier molecular flexibility index (Phi) is 5.21. The standard InChI is InChI=1S/C21H22Cl2N2O/c1-2-3-18-12-24-19-13-26-21(15-6-10-17(23)11-7-15)20(25(18)19)14-4-8-16(22)9-5-14/h4-11,18,20-21H,2-3,12-13H2,1H3/t18?,20-,21+/m1/s1. The van der Waals surface area contributed by atoms with Crippen LogP contribution in [-0.4, -0.2) is 29.9 Å². The van der Waals surface area contributed by atoms with E-state index in [1.165, 1.54) is 5.56 Å². The third kappa shape index (κ3) is 3.36. The van der Waals surface area contributed by atoms with Crippen LogP contribution in [0, 0.1) is 0 Å². The maximum atomic E-state index is 6.29. The Morgan fingerprint density at radius 1 is 1.00 bits per heavy atom. The van der Waals surface area contributed by atoms with E-state index in [0.29, 0.717) is 12.6 Å². The van der Waals surface area contributed by atoms with Gasteiger partial charge in [0.15, 0.2) is 0 Å². The van der Waals surface area contributed by atoms with Gasteiger partial charge in [-0.25, -0.2) is 0 Å². The van der Waals surface area contributed by atoms with Crippen LogP contribution in [0.5, 0.6) is 0 Å². The molecular formula is C21H22Cl2N2O. The third-order valence-corrected chi connectivity index (χ3v) is 5.69. The fraction of sp³-hybridized carbons (Fsp3) is 0.381. The lowest BCUT2D eigenvalue weighted by Crippen LogP contribution is -2.48. The fourth-order valence-corrected chi connectivity index (χ4v) is 4.24. The molecule has 0 aromatic heterocycles. The van der Waals surface area contributed by atoms with Crippen LogP contribution >= 0.6 is 23.2 Å². The van der Waals surface area contributed by atoms with Gasteiger partial charge in [-0.2, -0.15) is 0 Å². The van der Waals surface area contributed by atoms with Crippen LogP contribution < -0.4 is 0 Å². The van der Waals surface area contributed by atoms with Crippen molar-refractivity contribution in [2.75, 3.05) is 13.2 Å². The first-order chi connectivity index (χ1) is 12.7. The second-order valence-electron chi connectivity index (χ2n) is 6.89. The van der Waals surface area contributed by atoms with Gasteiger partial charge in [0, 0.05) is 10.0 Å². The highest BCUT2D eigenvalue weighted by molar-refractivity contribution is 6.30. The third-order valence-electron chi connectivity index (χ3n) is 5.19. The maximum Gasteiger partial charge on any atom is 0.126 e. The Morgan fingerprint density at radius 2 is 1.62 bits per heavy atom. The predicted octanol–water partition coefficient (Wildman–Crippen LogP) is 5.69. The number of halogens is 2. The Balaban J connectivity index is 1.76. The molecule has 136 valence electrons. The number of morpholine rings is 1. The van der Waals surface area contributed by atoms with Crippen molar-refractivity contribution < 1.29 is 4.74 Å². The molecule has 2 aliphatic rings. The molecule has 0 radical (unpaired) electrons. The largest absolute Gasteiger partial charge is 0.363 e. The number of amidine groups is 1. The van der Waals surface area contributed by atoms with Gasteiger partial charge in [-0.3, -0.25) is 4.99 Å². The molecule has 1 fully saturated rings. The summed E-state index contributed by atoms with van der Waals surface area (Å²) in [5, 5.41) is 1.48. The van der Waals surface area contributed by atoms with E-state index in [0.717, 1.165) is 40.8 Å². The summed E-state index contributed by atoms with van der Waals surface area (Å²) in [5.41, 5.74) is 2.33. The molecule has 26 heavy (non-hydrogen) atoms. The molecule has 4 rings (SSSR count). The number of hydrogen-bond donors (Lipinski definition) is 0. The molecule has 0 bridgehead atoms. The monoisotopic (exact) mass is 388 g/mol. The summed E-state index contributed by atoms with van der Waals surface area (Å²) in [6.07, 6.45) is 2.21. The summed E-state index contributed by atoms with van der Waals surface area (Å²) >= 11 is 12.2. The first-order valence-corrected chi connectivity index (χ1v) is 9.87. The van der Waals surface area contributed by atoms with Crippen molar-refractivity contribution in [3.05, 3.63) is 69.7 Å². The molecule has 2 aromatic carbocycles. The van der Waals surface area contributed by atoms with E-state index in [9.17, 15) is 0 Å². The van der Waals surface area contributed by atoms with Gasteiger partial charge in [0.25, 0.3) is 0 Å². The van der Waals surface area contributed by atoms with E-state index in [1.54, 1.807) is 0 Å². The van der Waals surface area contributed by atoms with Gasteiger partial charge in [0.05, 0.1) is 18.6 Å². The summed E-state index contributed by atoms with van der Waals surface area (Å²) in [4.78, 5) is 7.25. The van der Waals surface area contributed by atoms with E-state index in [2.05, 4.69) is 36.1 Å². The van der Waals surface area contributed by atoms with Crippen LogP contribution in [0.3, 0.4) is 0 Å². The molecular weight excluding hydrogens is 367 g/mol. The van der Waals surface area contributed by atoms with Crippen LogP contribution in [0.4, 0.5) is 0 Å². The van der Waals surface area contributed by atoms with Gasteiger partial charge in [0.1, 0.15) is 18.5 Å². The molecule has 2 aliphatic heterocycles. The van der Waals surface area contributed by atoms with Gasteiger partial charge in [-0.05, 0) is 41.8 Å². The number of nitrogens with zero attached hydrogens (tertiary/aromatic N) is 2. The Bertz CT molecular complexity index is 789. The molecule has 0 saturated carbocycles. The van der Waals surface area contributed by atoms with E-state index in [1.807, 2.05) is 24.3 Å². The van der Waals surface area contributed by atoms with E-state index in [4.69, 9.17) is 32.9 Å². The van der Waals surface area contributed by atoms with Crippen molar-refractivity contribution in [2.45, 2.75) is 38.0 Å². The zero-order chi connectivity index (χ0) is 18.1. The lowest BCUT2D eigenvalue weighted by atomic mass is 9.91. The van der Waals surface area contributed by atoms with Crippen LogP contribution in [0.2, 0.25) is 10.0 Å². The van der Waals surface area contributed by atoms with Crippen LogP contribution in [0.15, 0.2) is 53.5 Å². The van der Waals surface area contributed by atoms with Gasteiger partial charge in [-0.1, -0.05) is 60.8 Å². The Morgan fingerprint density at radius 3 is 2.23 bits per heavy atom. The van der Waals surface area contributed by atoms with Crippen LogP contribution in [0.25, 0.3) is 0 Å². The van der Waals surface area contributed by atoms with Crippen molar-refractivity contribution in [1.29, 1.82) is 0 Å². The highest BCUT2D eigenvalue weighted by Crippen LogP contribution is 2.43. The highest BCUT2D eigenvalue weighted by atomic mass is 35.5. The minimum atomic E-state index is -0.0650. The van der Waals surface area contributed by atoms with Crippen molar-refractivity contribution in [3.63, 3.8) is 0 Å². The lowest BCUT2D eigenvalue weighted by Gasteiger charge is -2.44. The van der Waals surface area contributed by atoms with Gasteiger partial charge >= 0.3 is 0 Å².